The zero-order valence-electron chi connectivity index (χ0n) is 21.1. The van der Waals surface area contributed by atoms with Crippen LogP contribution >= 0.6 is 15.9 Å². The highest BCUT2D eigenvalue weighted by Crippen LogP contribution is 2.50. The predicted octanol–water partition coefficient (Wildman–Crippen LogP) is 7.38. The molecule has 33 heavy (non-hydrogen) atoms. The number of rotatable bonds is 9. The van der Waals surface area contributed by atoms with Crippen molar-refractivity contribution in [1.82, 2.24) is 0 Å². The van der Waals surface area contributed by atoms with Crippen LogP contribution in [0.1, 0.15) is 89.9 Å². The molecule has 184 valence electrons. The number of phenolic OH excluding ortho intramolecular Hbond substituents is 1. The Morgan fingerprint density at radius 1 is 1.18 bits per heavy atom. The molecule has 0 bridgehead atoms. The monoisotopic (exact) mass is 536 g/mol. The number of unbranched alkanes of at least 4 members (excludes halogenated alkanes) is 2. The molecule has 2 aliphatic rings. The molecule has 1 aromatic carbocycles. The number of hydrogen-bond donors (Lipinski definition) is 2. The maximum Gasteiger partial charge on any atom is 0.192 e. The first kappa shape index (κ1) is 26.6. The van der Waals surface area contributed by atoms with Gasteiger partial charge in [0.25, 0.3) is 0 Å². The van der Waals surface area contributed by atoms with Crippen LogP contribution in [0.2, 0.25) is 18.1 Å². The standard InChI is InChI=1S/C27H41BrO4Si/c1-7-8-9-10-18(32-33(5,6)27(2,3)4)11-12-19-23(30)16-17-15-20-22(29)14-13-21(28)25(20)26(31)24(17)19/h13-14,17-18,26,29,31H,7-12,15-16H2,1-6H3/t17?,18-,26?/m0/s1. The van der Waals surface area contributed by atoms with Crippen LogP contribution in [-0.4, -0.2) is 30.4 Å². The number of carbonyl (C=O) groups excluding carboxylic acids is 1. The van der Waals surface area contributed by atoms with E-state index in [2.05, 4.69) is 56.7 Å². The van der Waals surface area contributed by atoms with Crippen molar-refractivity contribution in [2.75, 3.05) is 0 Å². The summed E-state index contributed by atoms with van der Waals surface area (Å²) in [5, 5.41) is 21.8. The summed E-state index contributed by atoms with van der Waals surface area (Å²) in [5.74, 6) is 0.332. The van der Waals surface area contributed by atoms with E-state index < -0.39 is 14.4 Å². The van der Waals surface area contributed by atoms with Gasteiger partial charge in [0.05, 0.1) is 0 Å². The average Bonchev–Trinajstić information content (AvgIpc) is 3.03. The average molecular weight is 538 g/mol. The minimum absolute atomic E-state index is 0.0185. The fraction of sp³-hybridized carbons (Fsp3) is 0.667. The van der Waals surface area contributed by atoms with Crippen LogP contribution < -0.4 is 0 Å². The molecule has 0 spiro atoms. The van der Waals surface area contributed by atoms with E-state index in [9.17, 15) is 15.0 Å². The molecule has 0 fully saturated rings. The van der Waals surface area contributed by atoms with Crippen LogP contribution in [0.4, 0.5) is 0 Å². The SMILES string of the molecule is CCCCC[C@@H](CCC1=C2C(CC1=O)Cc1c(O)ccc(Br)c1C2O)O[Si](C)(C)C(C)(C)C. The molecular formula is C27H41BrO4Si. The van der Waals surface area contributed by atoms with E-state index >= 15 is 0 Å². The lowest BCUT2D eigenvalue weighted by atomic mass is 9.78. The number of aliphatic hydroxyl groups is 1. The highest BCUT2D eigenvalue weighted by molar-refractivity contribution is 9.10. The number of carbonyl (C=O) groups is 1. The Kier molecular flexibility index (Phi) is 8.36. The zero-order valence-corrected chi connectivity index (χ0v) is 23.7. The molecule has 0 radical (unpaired) electrons. The van der Waals surface area contributed by atoms with Crippen molar-refractivity contribution in [3.05, 3.63) is 38.9 Å². The minimum Gasteiger partial charge on any atom is -0.508 e. The molecule has 0 heterocycles. The second kappa shape index (κ2) is 10.3. The van der Waals surface area contributed by atoms with Gasteiger partial charge in [0.2, 0.25) is 0 Å². The molecule has 4 nitrogen and oxygen atoms in total. The van der Waals surface area contributed by atoms with Gasteiger partial charge in [-0.05, 0) is 73.0 Å². The van der Waals surface area contributed by atoms with Gasteiger partial charge in [-0.25, -0.2) is 0 Å². The van der Waals surface area contributed by atoms with Crippen molar-refractivity contribution in [2.45, 2.75) is 109 Å². The topological polar surface area (TPSA) is 66.8 Å². The molecule has 0 aromatic heterocycles. The molecule has 3 atom stereocenters. The fourth-order valence-electron chi connectivity index (χ4n) is 5.04. The number of ketones is 1. The van der Waals surface area contributed by atoms with Gasteiger partial charge in [-0.2, -0.15) is 0 Å². The second-order valence-electron chi connectivity index (χ2n) is 11.4. The van der Waals surface area contributed by atoms with E-state index in [-0.39, 0.29) is 28.6 Å². The first-order valence-electron chi connectivity index (χ1n) is 12.5. The summed E-state index contributed by atoms with van der Waals surface area (Å²) in [6, 6.07) is 3.42. The summed E-state index contributed by atoms with van der Waals surface area (Å²) >= 11 is 3.54. The summed E-state index contributed by atoms with van der Waals surface area (Å²) in [4.78, 5) is 13.0. The molecule has 0 amide bonds. The first-order valence-corrected chi connectivity index (χ1v) is 16.2. The number of benzene rings is 1. The molecule has 0 saturated heterocycles. The normalized spacial score (nSPS) is 21.9. The summed E-state index contributed by atoms with van der Waals surface area (Å²) in [6.07, 6.45) is 6.32. The fourth-order valence-corrected chi connectivity index (χ4v) is 7.05. The zero-order chi connectivity index (χ0) is 24.6. The number of aliphatic hydroxyl groups excluding tert-OH is 1. The predicted molar refractivity (Wildman–Crippen MR) is 140 cm³/mol. The van der Waals surface area contributed by atoms with Gasteiger partial charge >= 0.3 is 0 Å². The Labute approximate surface area is 209 Å². The highest BCUT2D eigenvalue weighted by Gasteiger charge is 2.43. The third kappa shape index (κ3) is 5.66. The largest absolute Gasteiger partial charge is 0.508 e. The van der Waals surface area contributed by atoms with Crippen molar-refractivity contribution in [2.24, 2.45) is 5.92 Å². The van der Waals surface area contributed by atoms with Gasteiger partial charge in [-0.1, -0.05) is 62.9 Å². The van der Waals surface area contributed by atoms with E-state index in [0.717, 1.165) is 40.4 Å². The van der Waals surface area contributed by atoms with Gasteiger partial charge in [-0.15, -0.1) is 0 Å². The van der Waals surface area contributed by atoms with Crippen molar-refractivity contribution in [3.8, 4) is 5.75 Å². The van der Waals surface area contributed by atoms with E-state index in [1.54, 1.807) is 12.1 Å². The van der Waals surface area contributed by atoms with E-state index in [0.29, 0.717) is 24.8 Å². The van der Waals surface area contributed by atoms with Crippen LogP contribution in [0, 0.1) is 5.92 Å². The summed E-state index contributed by atoms with van der Waals surface area (Å²) in [6.45, 7) is 13.6. The Morgan fingerprint density at radius 2 is 1.88 bits per heavy atom. The van der Waals surface area contributed by atoms with Crippen molar-refractivity contribution < 1.29 is 19.4 Å². The highest BCUT2D eigenvalue weighted by atomic mass is 79.9. The molecule has 2 aliphatic carbocycles. The van der Waals surface area contributed by atoms with Crippen molar-refractivity contribution >= 4 is 30.0 Å². The van der Waals surface area contributed by atoms with Gasteiger partial charge in [0, 0.05) is 28.1 Å². The third-order valence-corrected chi connectivity index (χ3v) is 13.2. The van der Waals surface area contributed by atoms with E-state index in [1.165, 1.54) is 12.8 Å². The second-order valence-corrected chi connectivity index (χ2v) is 17.0. The minimum atomic E-state index is -1.92. The first-order chi connectivity index (χ1) is 15.4. The number of halogens is 1. The lowest BCUT2D eigenvalue weighted by Crippen LogP contribution is -2.44. The Bertz CT molecular complexity index is 915. The summed E-state index contributed by atoms with van der Waals surface area (Å²) in [7, 11) is -1.92. The van der Waals surface area contributed by atoms with Gasteiger partial charge in [0.15, 0.2) is 14.1 Å². The van der Waals surface area contributed by atoms with Gasteiger partial charge in [0.1, 0.15) is 11.9 Å². The van der Waals surface area contributed by atoms with Gasteiger partial charge < -0.3 is 14.6 Å². The van der Waals surface area contributed by atoms with Crippen LogP contribution in [0.5, 0.6) is 5.75 Å². The molecule has 0 saturated carbocycles. The number of aromatic hydroxyl groups is 1. The molecule has 2 unspecified atom stereocenters. The molecule has 6 heteroatoms. The third-order valence-electron chi connectivity index (χ3n) is 7.97. The van der Waals surface area contributed by atoms with E-state index in [4.69, 9.17) is 4.43 Å². The molecule has 0 aliphatic heterocycles. The van der Waals surface area contributed by atoms with Crippen LogP contribution in [0.3, 0.4) is 0 Å². The van der Waals surface area contributed by atoms with Crippen LogP contribution in [-0.2, 0) is 15.6 Å². The number of hydrogen-bond acceptors (Lipinski definition) is 4. The maximum absolute atomic E-state index is 13.0. The van der Waals surface area contributed by atoms with Crippen LogP contribution in [0.25, 0.3) is 0 Å². The summed E-state index contributed by atoms with van der Waals surface area (Å²) < 4.78 is 7.58. The molecule has 2 N–H and O–H groups in total. The van der Waals surface area contributed by atoms with Crippen molar-refractivity contribution in [1.29, 1.82) is 0 Å². The van der Waals surface area contributed by atoms with Crippen molar-refractivity contribution in [3.63, 3.8) is 0 Å². The number of allylic oxidation sites excluding steroid dienone is 1. The molecule has 3 rings (SSSR count). The van der Waals surface area contributed by atoms with E-state index in [1.807, 2.05) is 0 Å². The maximum atomic E-state index is 13.0. The Balaban J connectivity index is 1.84. The summed E-state index contributed by atoms with van der Waals surface area (Å²) in [5.41, 5.74) is 3.15. The number of phenols is 1. The quantitative estimate of drug-likeness (QED) is 0.255. The lowest BCUT2D eigenvalue weighted by Gasteiger charge is -2.39. The number of fused-ring (bicyclic) bond motifs is 2. The number of Topliss-reactive ketones (excluding diaryl/α,β-unsaturated/α-hetero) is 1. The Hall–Kier alpha value is -0.953. The Morgan fingerprint density at radius 3 is 2.52 bits per heavy atom. The molecular weight excluding hydrogens is 496 g/mol. The molecule has 1 aromatic rings. The van der Waals surface area contributed by atoms with Gasteiger partial charge in [-0.3, -0.25) is 4.79 Å². The smallest absolute Gasteiger partial charge is 0.192 e. The lowest BCUT2D eigenvalue weighted by molar-refractivity contribution is -0.115. The van der Waals surface area contributed by atoms with Crippen LogP contribution in [0.15, 0.2) is 27.8 Å².